The number of ether oxygens (including phenoxy) is 1. The van der Waals surface area contributed by atoms with Gasteiger partial charge >= 0.3 is 0 Å². The molecule has 2 aromatic heterocycles. The number of aromatic nitrogens is 2. The smallest absolute Gasteiger partial charge is 0.155 e. The van der Waals surface area contributed by atoms with Crippen molar-refractivity contribution in [3.8, 4) is 0 Å². The molecule has 0 aliphatic carbocycles. The number of imidazole rings is 1. The second-order valence-corrected chi connectivity index (χ2v) is 7.62. The lowest BCUT2D eigenvalue weighted by Crippen LogP contribution is -2.21. The molecule has 1 aliphatic heterocycles. The average molecular weight is 347 g/mol. The maximum atomic E-state index is 12.3. The normalized spacial score (nSPS) is 18.2. The van der Waals surface area contributed by atoms with Gasteiger partial charge in [-0.1, -0.05) is 23.2 Å². The van der Waals surface area contributed by atoms with Crippen molar-refractivity contribution < 1.29 is 8.95 Å². The van der Waals surface area contributed by atoms with Crippen LogP contribution in [0.1, 0.15) is 18.5 Å². The van der Waals surface area contributed by atoms with Crippen molar-refractivity contribution in [3.63, 3.8) is 0 Å². The van der Waals surface area contributed by atoms with Gasteiger partial charge in [0.05, 0.1) is 21.5 Å². The molecule has 3 rings (SSSR count). The Kier molecular flexibility index (Phi) is 4.84. The molecule has 1 atom stereocenters. The zero-order chi connectivity index (χ0) is 14.8. The summed E-state index contributed by atoms with van der Waals surface area (Å²) in [6.45, 7) is 1.56. The molecule has 0 amide bonds. The van der Waals surface area contributed by atoms with Gasteiger partial charge in [-0.3, -0.25) is 4.21 Å². The first kappa shape index (κ1) is 15.3. The second kappa shape index (κ2) is 6.65. The molecular formula is C14H16Cl2N2O2S. The quantitative estimate of drug-likeness (QED) is 0.852. The highest BCUT2D eigenvalue weighted by Crippen LogP contribution is 2.23. The molecule has 0 spiro atoms. The summed E-state index contributed by atoms with van der Waals surface area (Å²) in [4.78, 5) is 4.44. The molecule has 21 heavy (non-hydrogen) atoms. The third-order valence-corrected chi connectivity index (χ3v) is 5.54. The first-order valence-corrected chi connectivity index (χ1v) is 9.11. The van der Waals surface area contributed by atoms with Crippen LogP contribution in [0.2, 0.25) is 10.0 Å². The fraction of sp³-hybridized carbons (Fsp3) is 0.500. The Morgan fingerprint density at radius 3 is 2.86 bits per heavy atom. The van der Waals surface area contributed by atoms with Crippen LogP contribution in [0.4, 0.5) is 0 Å². The standard InChI is InChI=1S/C14H16Cl2N2O2S/c15-11-5-13(16)14-17-12(7-18(14)6-11)9-21(19)8-10-1-3-20-4-2-10/h5-7,10H,1-4,8-9H2/t21-/m0/s1. The highest BCUT2D eigenvalue weighted by Gasteiger charge is 2.18. The number of hydrogen-bond donors (Lipinski definition) is 0. The van der Waals surface area contributed by atoms with Crippen molar-refractivity contribution in [2.24, 2.45) is 5.92 Å². The molecule has 7 heteroatoms. The van der Waals surface area contributed by atoms with Crippen LogP contribution in [0.25, 0.3) is 5.65 Å². The number of halogens is 2. The molecule has 0 radical (unpaired) electrons. The van der Waals surface area contributed by atoms with Crippen LogP contribution in [0.15, 0.2) is 18.5 Å². The minimum absolute atomic E-state index is 0.451. The maximum Gasteiger partial charge on any atom is 0.155 e. The SMILES string of the molecule is O=[S@](Cc1cn2cc(Cl)cc(Cl)c2n1)CC1CCOCC1. The summed E-state index contributed by atoms with van der Waals surface area (Å²) in [6.07, 6.45) is 5.59. The number of rotatable bonds is 4. The van der Waals surface area contributed by atoms with E-state index in [-0.39, 0.29) is 0 Å². The van der Waals surface area contributed by atoms with Gasteiger partial charge in [0.2, 0.25) is 0 Å². The lowest BCUT2D eigenvalue weighted by molar-refractivity contribution is 0.0725. The Bertz CT molecular complexity index is 668. The summed E-state index contributed by atoms with van der Waals surface area (Å²) in [6, 6.07) is 1.66. The molecule has 1 fully saturated rings. The van der Waals surface area contributed by atoms with E-state index >= 15 is 0 Å². The first-order valence-electron chi connectivity index (χ1n) is 6.87. The molecule has 1 aliphatic rings. The summed E-state index contributed by atoms with van der Waals surface area (Å²) in [5.41, 5.74) is 1.43. The Morgan fingerprint density at radius 1 is 1.33 bits per heavy atom. The van der Waals surface area contributed by atoms with Gasteiger partial charge in [0.15, 0.2) is 5.65 Å². The minimum Gasteiger partial charge on any atom is -0.381 e. The average Bonchev–Trinajstić information content (AvgIpc) is 2.82. The fourth-order valence-electron chi connectivity index (χ4n) is 2.54. The lowest BCUT2D eigenvalue weighted by Gasteiger charge is -2.21. The highest BCUT2D eigenvalue weighted by molar-refractivity contribution is 7.84. The van der Waals surface area contributed by atoms with Crippen LogP contribution in [-0.4, -0.2) is 32.6 Å². The molecule has 0 bridgehead atoms. The van der Waals surface area contributed by atoms with E-state index in [2.05, 4.69) is 4.98 Å². The van der Waals surface area contributed by atoms with Crippen molar-refractivity contribution in [2.75, 3.05) is 19.0 Å². The zero-order valence-corrected chi connectivity index (χ0v) is 13.8. The molecule has 1 saturated heterocycles. The Hall–Kier alpha value is -0.620. The van der Waals surface area contributed by atoms with Crippen LogP contribution in [0.5, 0.6) is 0 Å². The monoisotopic (exact) mass is 346 g/mol. The molecular weight excluding hydrogens is 331 g/mol. The van der Waals surface area contributed by atoms with E-state index in [0.717, 1.165) is 31.7 Å². The zero-order valence-electron chi connectivity index (χ0n) is 11.4. The van der Waals surface area contributed by atoms with Gasteiger partial charge in [-0.15, -0.1) is 0 Å². The number of fused-ring (bicyclic) bond motifs is 1. The Morgan fingerprint density at radius 2 is 2.10 bits per heavy atom. The Labute approximate surface area is 135 Å². The minimum atomic E-state index is -0.915. The van der Waals surface area contributed by atoms with Crippen molar-refractivity contribution in [1.82, 2.24) is 9.38 Å². The largest absolute Gasteiger partial charge is 0.381 e. The summed E-state index contributed by atoms with van der Waals surface area (Å²) in [7, 11) is -0.915. The molecule has 0 N–H and O–H groups in total. The van der Waals surface area contributed by atoms with E-state index in [4.69, 9.17) is 27.9 Å². The number of pyridine rings is 1. The molecule has 0 unspecified atom stereocenters. The molecule has 3 heterocycles. The predicted octanol–water partition coefficient (Wildman–Crippen LogP) is 3.32. The van der Waals surface area contributed by atoms with Crippen LogP contribution in [-0.2, 0) is 21.3 Å². The summed E-state index contributed by atoms with van der Waals surface area (Å²) in [5.74, 6) is 1.66. The number of nitrogens with zero attached hydrogens (tertiary/aromatic N) is 2. The van der Waals surface area contributed by atoms with Gasteiger partial charge in [-0.25, -0.2) is 4.98 Å². The van der Waals surface area contributed by atoms with Gasteiger partial charge in [-0.2, -0.15) is 0 Å². The second-order valence-electron chi connectivity index (χ2n) is 5.28. The molecule has 0 aromatic carbocycles. The number of hydrogen-bond acceptors (Lipinski definition) is 3. The van der Waals surface area contributed by atoms with Crippen molar-refractivity contribution in [2.45, 2.75) is 18.6 Å². The van der Waals surface area contributed by atoms with Gasteiger partial charge < -0.3 is 9.14 Å². The maximum absolute atomic E-state index is 12.3. The topological polar surface area (TPSA) is 43.6 Å². The highest BCUT2D eigenvalue weighted by atomic mass is 35.5. The fourth-order valence-corrected chi connectivity index (χ4v) is 4.52. The summed E-state index contributed by atoms with van der Waals surface area (Å²) >= 11 is 12.1. The van der Waals surface area contributed by atoms with Gasteiger partial charge in [0.25, 0.3) is 0 Å². The summed E-state index contributed by atoms with van der Waals surface area (Å²) < 4.78 is 19.4. The van der Waals surface area contributed by atoms with E-state index in [1.807, 2.05) is 6.20 Å². The summed E-state index contributed by atoms with van der Waals surface area (Å²) in [5, 5.41) is 1.06. The first-order chi connectivity index (χ1) is 10.1. The van der Waals surface area contributed by atoms with Crippen LogP contribution in [0.3, 0.4) is 0 Å². The van der Waals surface area contributed by atoms with Gasteiger partial charge in [-0.05, 0) is 24.8 Å². The molecule has 4 nitrogen and oxygen atoms in total. The lowest BCUT2D eigenvalue weighted by atomic mass is 10.0. The van der Waals surface area contributed by atoms with E-state index < -0.39 is 10.8 Å². The van der Waals surface area contributed by atoms with E-state index in [1.54, 1.807) is 16.7 Å². The van der Waals surface area contributed by atoms with Crippen LogP contribution >= 0.6 is 23.2 Å². The van der Waals surface area contributed by atoms with Crippen molar-refractivity contribution in [3.05, 3.63) is 34.2 Å². The van der Waals surface area contributed by atoms with Crippen molar-refractivity contribution in [1.29, 1.82) is 0 Å². The van der Waals surface area contributed by atoms with E-state index in [9.17, 15) is 4.21 Å². The molecule has 0 saturated carbocycles. The molecule has 114 valence electrons. The van der Waals surface area contributed by atoms with Crippen LogP contribution in [0, 0.1) is 5.92 Å². The van der Waals surface area contributed by atoms with Crippen molar-refractivity contribution >= 4 is 39.6 Å². The van der Waals surface area contributed by atoms with E-state index in [0.29, 0.717) is 33.1 Å². The van der Waals surface area contributed by atoms with Crippen LogP contribution < -0.4 is 0 Å². The van der Waals surface area contributed by atoms with Gasteiger partial charge in [0.1, 0.15) is 0 Å². The third kappa shape index (κ3) is 3.77. The van der Waals surface area contributed by atoms with E-state index in [1.165, 1.54) is 0 Å². The Balaban J connectivity index is 1.69. The van der Waals surface area contributed by atoms with Gasteiger partial charge in [0, 0.05) is 42.2 Å². The molecule has 2 aromatic rings. The predicted molar refractivity (Wildman–Crippen MR) is 85.5 cm³/mol. The third-order valence-electron chi connectivity index (χ3n) is 3.59.